The quantitative estimate of drug-likeness (QED) is 0.419. The molecule has 1 rings (SSSR count). The monoisotopic (exact) mass is 362 g/mol. The van der Waals surface area contributed by atoms with E-state index in [0.717, 1.165) is 37.7 Å². The third kappa shape index (κ3) is 9.02. The van der Waals surface area contributed by atoms with Gasteiger partial charge in [0, 0.05) is 0 Å². The number of hydrogen-bond acceptors (Lipinski definition) is 4. The van der Waals surface area contributed by atoms with E-state index in [9.17, 15) is 9.59 Å². The fourth-order valence-electron chi connectivity index (χ4n) is 2.70. The third-order valence-electron chi connectivity index (χ3n) is 4.30. The number of ether oxygens (including phenoxy) is 2. The Hall–Kier alpha value is -1.84. The van der Waals surface area contributed by atoms with Crippen molar-refractivity contribution in [1.82, 2.24) is 0 Å². The summed E-state index contributed by atoms with van der Waals surface area (Å²) in [6, 6.07) is 9.69. The second kappa shape index (κ2) is 11.0. The minimum Gasteiger partial charge on any atom is -0.461 e. The van der Waals surface area contributed by atoms with E-state index in [4.69, 9.17) is 9.47 Å². The summed E-state index contributed by atoms with van der Waals surface area (Å²) in [6.45, 7) is 9.90. The van der Waals surface area contributed by atoms with Crippen LogP contribution in [0, 0.1) is 11.8 Å². The van der Waals surface area contributed by atoms with Crippen molar-refractivity contribution in [2.45, 2.75) is 78.9 Å². The van der Waals surface area contributed by atoms with Gasteiger partial charge in [0.1, 0.15) is 12.2 Å². The van der Waals surface area contributed by atoms with Gasteiger partial charge in [-0.1, -0.05) is 57.0 Å². The molecule has 0 aliphatic heterocycles. The molecule has 0 radical (unpaired) electrons. The molecule has 0 aliphatic carbocycles. The summed E-state index contributed by atoms with van der Waals surface area (Å²) in [7, 11) is 0. The van der Waals surface area contributed by atoms with Crippen molar-refractivity contribution in [3.05, 3.63) is 35.9 Å². The summed E-state index contributed by atoms with van der Waals surface area (Å²) >= 11 is 0. The van der Waals surface area contributed by atoms with Crippen molar-refractivity contribution in [2.75, 3.05) is 0 Å². The van der Waals surface area contributed by atoms with E-state index in [0.29, 0.717) is 6.61 Å². The zero-order valence-corrected chi connectivity index (χ0v) is 16.9. The Kier molecular flexibility index (Phi) is 9.39. The van der Waals surface area contributed by atoms with E-state index in [-0.39, 0.29) is 23.8 Å². The van der Waals surface area contributed by atoms with E-state index in [1.165, 1.54) is 0 Å². The van der Waals surface area contributed by atoms with Crippen LogP contribution in [0.15, 0.2) is 30.3 Å². The lowest BCUT2D eigenvalue weighted by atomic mass is 9.96. The number of unbranched alkanes of at least 4 members (excludes halogenated alkanes) is 1. The van der Waals surface area contributed by atoms with Crippen LogP contribution in [-0.2, 0) is 25.7 Å². The van der Waals surface area contributed by atoms with Gasteiger partial charge in [-0.25, -0.2) is 0 Å². The van der Waals surface area contributed by atoms with E-state index in [2.05, 4.69) is 0 Å². The van der Waals surface area contributed by atoms with Crippen LogP contribution in [0.3, 0.4) is 0 Å². The van der Waals surface area contributed by atoms with Crippen molar-refractivity contribution in [3.63, 3.8) is 0 Å². The van der Waals surface area contributed by atoms with Crippen LogP contribution in [-0.4, -0.2) is 17.5 Å². The molecular formula is C22H34O4. The molecule has 2 unspecified atom stereocenters. The fraction of sp³-hybridized carbons (Fsp3) is 0.636. The van der Waals surface area contributed by atoms with Gasteiger partial charge in [0.15, 0.2) is 0 Å². The molecule has 146 valence electrons. The minimum atomic E-state index is -0.443. The summed E-state index contributed by atoms with van der Waals surface area (Å²) in [4.78, 5) is 24.2. The van der Waals surface area contributed by atoms with Gasteiger partial charge in [0.05, 0.1) is 11.8 Å². The molecule has 0 amide bonds. The summed E-state index contributed by atoms with van der Waals surface area (Å²) in [5, 5.41) is 0. The van der Waals surface area contributed by atoms with E-state index >= 15 is 0 Å². The molecular weight excluding hydrogens is 328 g/mol. The van der Waals surface area contributed by atoms with Crippen LogP contribution >= 0.6 is 0 Å². The average molecular weight is 363 g/mol. The highest BCUT2D eigenvalue weighted by Crippen LogP contribution is 2.20. The number of carbonyl (C=O) groups is 2. The second-order valence-corrected chi connectivity index (χ2v) is 7.92. The Morgan fingerprint density at radius 1 is 1.00 bits per heavy atom. The summed E-state index contributed by atoms with van der Waals surface area (Å²) in [6.07, 6.45) is 4.17. The Labute approximate surface area is 158 Å². The van der Waals surface area contributed by atoms with Gasteiger partial charge >= 0.3 is 11.9 Å². The molecule has 26 heavy (non-hydrogen) atoms. The molecule has 4 nitrogen and oxygen atoms in total. The smallest absolute Gasteiger partial charge is 0.309 e. The Morgan fingerprint density at radius 3 is 2.19 bits per heavy atom. The van der Waals surface area contributed by atoms with Crippen LogP contribution in [0.25, 0.3) is 0 Å². The molecule has 0 N–H and O–H groups in total. The zero-order valence-electron chi connectivity index (χ0n) is 16.9. The first kappa shape index (κ1) is 22.2. The Morgan fingerprint density at radius 2 is 1.62 bits per heavy atom. The molecule has 0 aliphatic rings. The van der Waals surface area contributed by atoms with Crippen molar-refractivity contribution in [3.8, 4) is 0 Å². The van der Waals surface area contributed by atoms with E-state index in [1.807, 2.05) is 65.0 Å². The molecule has 0 aromatic heterocycles. The van der Waals surface area contributed by atoms with Gasteiger partial charge in [0.25, 0.3) is 0 Å². The lowest BCUT2D eigenvalue weighted by Gasteiger charge is -2.23. The molecule has 2 atom stereocenters. The predicted molar refractivity (Wildman–Crippen MR) is 103 cm³/mol. The van der Waals surface area contributed by atoms with Crippen molar-refractivity contribution in [1.29, 1.82) is 0 Å². The normalized spacial score (nSPS) is 13.7. The predicted octanol–water partition coefficient (Wildman–Crippen LogP) is 5.29. The summed E-state index contributed by atoms with van der Waals surface area (Å²) in [5.74, 6) is -0.460. The summed E-state index contributed by atoms with van der Waals surface area (Å²) < 4.78 is 10.8. The average Bonchev–Trinajstić information content (AvgIpc) is 2.58. The lowest BCUT2D eigenvalue weighted by Crippen LogP contribution is -2.28. The molecule has 0 saturated carbocycles. The molecule has 1 aromatic rings. The van der Waals surface area contributed by atoms with Crippen molar-refractivity contribution in [2.24, 2.45) is 11.8 Å². The molecule has 0 saturated heterocycles. The van der Waals surface area contributed by atoms with Gasteiger partial charge in [-0.2, -0.15) is 0 Å². The molecule has 1 aromatic carbocycles. The standard InChI is InChI=1S/C22H34O4/c1-6-19(21(24)26-22(3,4)5)15-11-10-12-17(2)20(23)25-16-18-13-8-7-9-14-18/h7-9,13-14,17,19H,6,10-12,15-16H2,1-5H3. The van der Waals surface area contributed by atoms with Crippen molar-refractivity contribution >= 4 is 11.9 Å². The molecule has 0 spiro atoms. The van der Waals surface area contributed by atoms with Gasteiger partial charge < -0.3 is 9.47 Å². The number of carbonyl (C=O) groups excluding carboxylic acids is 2. The first-order valence-electron chi connectivity index (χ1n) is 9.66. The zero-order chi connectivity index (χ0) is 19.6. The maximum absolute atomic E-state index is 12.1. The third-order valence-corrected chi connectivity index (χ3v) is 4.30. The SMILES string of the molecule is CCC(CCCCC(C)C(=O)OCc1ccccc1)C(=O)OC(C)(C)C. The number of benzene rings is 1. The molecule has 4 heteroatoms. The largest absolute Gasteiger partial charge is 0.461 e. The Bertz CT molecular complexity index is 545. The second-order valence-electron chi connectivity index (χ2n) is 7.92. The van der Waals surface area contributed by atoms with Gasteiger partial charge in [-0.05, 0) is 45.6 Å². The topological polar surface area (TPSA) is 52.6 Å². The van der Waals surface area contributed by atoms with Gasteiger partial charge in [-0.15, -0.1) is 0 Å². The molecule has 0 fully saturated rings. The van der Waals surface area contributed by atoms with Crippen LogP contribution in [0.2, 0.25) is 0 Å². The van der Waals surface area contributed by atoms with Gasteiger partial charge in [-0.3, -0.25) is 9.59 Å². The highest BCUT2D eigenvalue weighted by atomic mass is 16.6. The number of esters is 2. The Balaban J connectivity index is 2.26. The minimum absolute atomic E-state index is 0.0606. The van der Waals surface area contributed by atoms with Crippen molar-refractivity contribution < 1.29 is 19.1 Å². The van der Waals surface area contributed by atoms with Crippen LogP contribution in [0.4, 0.5) is 0 Å². The van der Waals surface area contributed by atoms with Gasteiger partial charge in [0.2, 0.25) is 0 Å². The maximum atomic E-state index is 12.1. The first-order valence-corrected chi connectivity index (χ1v) is 9.66. The van der Waals surface area contributed by atoms with Crippen LogP contribution in [0.1, 0.15) is 72.3 Å². The van der Waals surface area contributed by atoms with Crippen LogP contribution in [0.5, 0.6) is 0 Å². The van der Waals surface area contributed by atoms with E-state index < -0.39 is 5.60 Å². The molecule has 0 bridgehead atoms. The highest BCUT2D eigenvalue weighted by Gasteiger charge is 2.23. The van der Waals surface area contributed by atoms with Crippen LogP contribution < -0.4 is 0 Å². The first-order chi connectivity index (χ1) is 12.2. The fourth-order valence-corrected chi connectivity index (χ4v) is 2.70. The lowest BCUT2D eigenvalue weighted by molar-refractivity contribution is -0.160. The number of rotatable bonds is 10. The number of hydrogen-bond donors (Lipinski definition) is 0. The maximum Gasteiger partial charge on any atom is 0.309 e. The summed E-state index contributed by atoms with van der Waals surface area (Å²) in [5.41, 5.74) is 0.554. The van der Waals surface area contributed by atoms with E-state index in [1.54, 1.807) is 0 Å². The highest BCUT2D eigenvalue weighted by molar-refractivity contribution is 5.73. The molecule has 0 heterocycles.